The fourth-order valence-electron chi connectivity index (χ4n) is 3.96. The normalized spacial score (nSPS) is 19.5. The maximum absolute atomic E-state index is 12.6. The number of hydrogen-bond acceptors (Lipinski definition) is 6. The molecule has 2 aromatic heterocycles. The molecule has 0 aromatic carbocycles. The predicted molar refractivity (Wildman–Crippen MR) is 129 cm³/mol. The van der Waals surface area contributed by atoms with Gasteiger partial charge in [-0.25, -0.2) is 9.97 Å². The summed E-state index contributed by atoms with van der Waals surface area (Å²) in [6.45, 7) is 3.91. The van der Waals surface area contributed by atoms with Gasteiger partial charge in [-0.05, 0) is 50.3 Å². The van der Waals surface area contributed by atoms with Crippen LogP contribution in [-0.2, 0) is 9.53 Å². The molecular formula is C22H26Cl3N5O2. The van der Waals surface area contributed by atoms with Gasteiger partial charge in [0.15, 0.2) is 0 Å². The number of halogens is 3. The Morgan fingerprint density at radius 3 is 2.69 bits per heavy atom. The van der Waals surface area contributed by atoms with Crippen LogP contribution in [0.4, 0.5) is 11.6 Å². The Balaban J connectivity index is 1.53. The number of carbonyl (C=O) groups excluding carboxylic acids is 1. The SMILES string of the molecule is O=C(Nc1cc(-c2nc(NCC3CCOCC3)c(Cl)cc2Cl)c(Cl)cn1)C1CCCNC1. The fourth-order valence-corrected chi connectivity index (χ4v) is 4.68. The van der Waals surface area contributed by atoms with Crippen LogP contribution in [-0.4, -0.2) is 48.7 Å². The van der Waals surface area contributed by atoms with Crippen molar-refractivity contribution in [3.63, 3.8) is 0 Å². The third-order valence-electron chi connectivity index (χ3n) is 5.86. The van der Waals surface area contributed by atoms with Crippen LogP contribution in [0, 0.1) is 11.8 Å². The number of anilines is 2. The fraction of sp³-hybridized carbons (Fsp3) is 0.500. The molecule has 0 saturated carbocycles. The van der Waals surface area contributed by atoms with Gasteiger partial charge in [0.2, 0.25) is 5.91 Å². The first-order valence-corrected chi connectivity index (χ1v) is 12.0. The first kappa shape index (κ1) is 23.5. The summed E-state index contributed by atoms with van der Waals surface area (Å²) >= 11 is 19.3. The van der Waals surface area contributed by atoms with E-state index in [0.717, 1.165) is 52.0 Å². The van der Waals surface area contributed by atoms with Crippen LogP contribution in [0.15, 0.2) is 18.3 Å². The van der Waals surface area contributed by atoms with Crippen molar-refractivity contribution < 1.29 is 9.53 Å². The average Bonchev–Trinajstić information content (AvgIpc) is 2.81. The molecule has 172 valence electrons. The lowest BCUT2D eigenvalue weighted by atomic mass is 9.99. The zero-order valence-electron chi connectivity index (χ0n) is 17.6. The molecule has 2 fully saturated rings. The molecule has 0 bridgehead atoms. The van der Waals surface area contributed by atoms with Crippen LogP contribution in [0.3, 0.4) is 0 Å². The molecular weight excluding hydrogens is 473 g/mol. The van der Waals surface area contributed by atoms with Crippen molar-refractivity contribution in [2.45, 2.75) is 25.7 Å². The van der Waals surface area contributed by atoms with E-state index in [2.05, 4.69) is 25.9 Å². The number of rotatable bonds is 6. The summed E-state index contributed by atoms with van der Waals surface area (Å²) in [6.07, 6.45) is 5.33. The molecule has 0 aliphatic carbocycles. The largest absolute Gasteiger partial charge is 0.381 e. The molecule has 4 rings (SSSR count). The lowest BCUT2D eigenvalue weighted by Crippen LogP contribution is -2.37. The Kier molecular flexibility index (Phi) is 8.07. The highest BCUT2D eigenvalue weighted by molar-refractivity contribution is 6.38. The minimum absolute atomic E-state index is 0.0630. The molecule has 2 saturated heterocycles. The first-order valence-electron chi connectivity index (χ1n) is 10.9. The van der Waals surface area contributed by atoms with Crippen molar-refractivity contribution in [3.8, 4) is 11.3 Å². The van der Waals surface area contributed by atoms with E-state index in [1.54, 1.807) is 12.1 Å². The van der Waals surface area contributed by atoms with Gasteiger partial charge in [-0.15, -0.1) is 0 Å². The van der Waals surface area contributed by atoms with E-state index < -0.39 is 0 Å². The van der Waals surface area contributed by atoms with E-state index in [0.29, 0.717) is 50.4 Å². The zero-order chi connectivity index (χ0) is 22.5. The summed E-state index contributed by atoms with van der Waals surface area (Å²) in [5, 5.41) is 10.7. The number of piperidine rings is 1. The standard InChI is InChI=1S/C22H26Cl3N5O2/c23-16-9-17(24)21(28-10-13-3-6-32-7-4-13)30-20(16)15-8-19(27-12-18(15)25)29-22(31)14-2-1-5-26-11-14/h8-9,12-14,26H,1-7,10-11H2,(H,28,30)(H,27,29,31). The molecule has 2 aliphatic heterocycles. The lowest BCUT2D eigenvalue weighted by molar-refractivity contribution is -0.120. The third-order valence-corrected chi connectivity index (χ3v) is 6.74. The number of amides is 1. The van der Waals surface area contributed by atoms with Gasteiger partial charge in [-0.1, -0.05) is 34.8 Å². The molecule has 2 aliphatic rings. The highest BCUT2D eigenvalue weighted by atomic mass is 35.5. The van der Waals surface area contributed by atoms with Crippen LogP contribution < -0.4 is 16.0 Å². The van der Waals surface area contributed by atoms with Crippen LogP contribution in [0.2, 0.25) is 15.1 Å². The van der Waals surface area contributed by atoms with E-state index in [9.17, 15) is 4.79 Å². The maximum Gasteiger partial charge on any atom is 0.229 e. The topological polar surface area (TPSA) is 88.2 Å². The second kappa shape index (κ2) is 11.0. The number of aromatic nitrogens is 2. The van der Waals surface area contributed by atoms with Gasteiger partial charge < -0.3 is 20.7 Å². The summed E-state index contributed by atoms with van der Waals surface area (Å²) < 4.78 is 5.42. The van der Waals surface area contributed by atoms with Crippen LogP contribution in [0.1, 0.15) is 25.7 Å². The monoisotopic (exact) mass is 497 g/mol. The quantitative estimate of drug-likeness (QED) is 0.526. The zero-order valence-corrected chi connectivity index (χ0v) is 19.9. The summed E-state index contributed by atoms with van der Waals surface area (Å²) in [4.78, 5) is 21.5. The van der Waals surface area contributed by atoms with Gasteiger partial charge in [-0.2, -0.15) is 0 Å². The summed E-state index contributed by atoms with van der Waals surface area (Å²) in [5.41, 5.74) is 1.06. The van der Waals surface area contributed by atoms with Gasteiger partial charge in [0.05, 0.1) is 26.7 Å². The van der Waals surface area contributed by atoms with Crippen molar-refractivity contribution in [2.75, 3.05) is 43.5 Å². The highest BCUT2D eigenvalue weighted by Crippen LogP contribution is 2.37. The number of carbonyl (C=O) groups is 1. The number of ether oxygens (including phenoxy) is 1. The van der Waals surface area contributed by atoms with Crippen molar-refractivity contribution in [1.29, 1.82) is 0 Å². The smallest absolute Gasteiger partial charge is 0.229 e. The van der Waals surface area contributed by atoms with Gasteiger partial charge in [0.1, 0.15) is 11.6 Å². The Hall–Kier alpha value is -1.64. The molecule has 0 radical (unpaired) electrons. The molecule has 0 spiro atoms. The Labute approximate surface area is 202 Å². The molecule has 4 heterocycles. The molecule has 32 heavy (non-hydrogen) atoms. The van der Waals surface area contributed by atoms with E-state index in [-0.39, 0.29) is 11.8 Å². The third kappa shape index (κ3) is 5.83. The summed E-state index contributed by atoms with van der Waals surface area (Å²) in [6, 6.07) is 3.35. The molecule has 10 heteroatoms. The minimum atomic E-state index is -0.0806. The molecule has 1 unspecified atom stereocenters. The van der Waals surface area contributed by atoms with Gasteiger partial charge in [0.25, 0.3) is 0 Å². The number of nitrogens with zero attached hydrogens (tertiary/aromatic N) is 2. The first-order chi connectivity index (χ1) is 15.5. The Morgan fingerprint density at radius 1 is 1.12 bits per heavy atom. The van der Waals surface area contributed by atoms with E-state index in [1.807, 2.05) is 0 Å². The van der Waals surface area contributed by atoms with Crippen LogP contribution in [0.25, 0.3) is 11.3 Å². The highest BCUT2D eigenvalue weighted by Gasteiger charge is 2.22. The van der Waals surface area contributed by atoms with E-state index in [1.165, 1.54) is 6.20 Å². The van der Waals surface area contributed by atoms with Gasteiger partial charge in [-0.3, -0.25) is 4.79 Å². The van der Waals surface area contributed by atoms with Gasteiger partial charge >= 0.3 is 0 Å². The van der Waals surface area contributed by atoms with Gasteiger partial charge in [0, 0.05) is 38.1 Å². The second-order valence-corrected chi connectivity index (χ2v) is 9.39. The minimum Gasteiger partial charge on any atom is -0.381 e. The van der Waals surface area contributed by atoms with E-state index >= 15 is 0 Å². The molecule has 1 amide bonds. The Bertz CT molecular complexity index is 963. The Morgan fingerprint density at radius 2 is 1.94 bits per heavy atom. The maximum atomic E-state index is 12.6. The molecule has 1 atom stereocenters. The van der Waals surface area contributed by atoms with E-state index in [4.69, 9.17) is 39.5 Å². The van der Waals surface area contributed by atoms with Crippen molar-refractivity contribution in [3.05, 3.63) is 33.4 Å². The molecule has 7 nitrogen and oxygen atoms in total. The summed E-state index contributed by atoms with van der Waals surface area (Å²) in [7, 11) is 0. The van der Waals surface area contributed by atoms with Crippen molar-refractivity contribution in [2.24, 2.45) is 11.8 Å². The predicted octanol–water partition coefficient (Wildman–Crippen LogP) is 4.88. The average molecular weight is 499 g/mol. The summed E-state index contributed by atoms with van der Waals surface area (Å²) in [5.74, 6) is 1.31. The number of pyridine rings is 2. The van der Waals surface area contributed by atoms with Crippen molar-refractivity contribution >= 4 is 52.3 Å². The molecule has 2 aromatic rings. The van der Waals surface area contributed by atoms with Crippen LogP contribution in [0.5, 0.6) is 0 Å². The van der Waals surface area contributed by atoms with Crippen LogP contribution >= 0.6 is 34.8 Å². The van der Waals surface area contributed by atoms with Crippen molar-refractivity contribution in [1.82, 2.24) is 15.3 Å². The number of hydrogen-bond donors (Lipinski definition) is 3. The molecule has 3 N–H and O–H groups in total. The lowest BCUT2D eigenvalue weighted by Gasteiger charge is -2.23. The number of nitrogens with one attached hydrogen (secondary N) is 3. The second-order valence-electron chi connectivity index (χ2n) is 8.17.